The normalized spacial score (nSPS) is 13.7. The maximum Gasteiger partial charge on any atom is 0.410 e. The van der Waals surface area contributed by atoms with Gasteiger partial charge in [-0.2, -0.15) is 0 Å². The van der Waals surface area contributed by atoms with Crippen LogP contribution >= 0.6 is 0 Å². The van der Waals surface area contributed by atoms with Gasteiger partial charge in [-0.05, 0) is 50.6 Å². The van der Waals surface area contributed by atoms with E-state index in [4.69, 9.17) is 17.6 Å². The highest BCUT2D eigenvalue weighted by Gasteiger charge is 2.25. The van der Waals surface area contributed by atoms with E-state index < -0.39 is 5.60 Å². The second-order valence-electron chi connectivity index (χ2n) is 8.47. The van der Waals surface area contributed by atoms with E-state index in [1.807, 2.05) is 32.9 Å². The number of hydrogen-bond acceptors (Lipinski definition) is 4. The van der Waals surface area contributed by atoms with E-state index in [1.54, 1.807) is 29.2 Å². The Morgan fingerprint density at radius 3 is 1.88 bits per heavy atom. The van der Waals surface area contributed by atoms with Crippen molar-refractivity contribution in [3.8, 4) is 24.7 Å². The molecule has 0 atom stereocenters. The fourth-order valence-electron chi connectivity index (χ4n) is 3.04. The molecule has 1 heterocycles. The molecular formula is C27H30N2O3. The number of piperazine rings is 1. The minimum absolute atomic E-state index is 0.217. The van der Waals surface area contributed by atoms with Crippen LogP contribution in [0.25, 0.3) is 0 Å². The summed E-state index contributed by atoms with van der Waals surface area (Å²) in [5.74, 6) is 5.09. The van der Waals surface area contributed by atoms with Crippen LogP contribution in [0.15, 0.2) is 48.5 Å². The maximum absolute atomic E-state index is 12.0. The molecule has 0 unspecified atom stereocenters. The molecule has 1 fully saturated rings. The fraction of sp³-hybridized carbons (Fsp3) is 0.333. The Hall–Kier alpha value is -3.54. The van der Waals surface area contributed by atoms with Crippen molar-refractivity contribution in [1.82, 2.24) is 9.80 Å². The first kappa shape index (κ1) is 24.7. The van der Waals surface area contributed by atoms with Crippen molar-refractivity contribution in [1.29, 1.82) is 0 Å². The topological polar surface area (TPSA) is 49.9 Å². The Morgan fingerprint density at radius 2 is 1.44 bits per heavy atom. The lowest BCUT2D eigenvalue weighted by molar-refractivity contribution is 0.0139. The van der Waals surface area contributed by atoms with E-state index >= 15 is 0 Å². The first-order valence-corrected chi connectivity index (χ1v) is 10.5. The number of amides is 1. The summed E-state index contributed by atoms with van der Waals surface area (Å²) in [5, 5.41) is 0. The van der Waals surface area contributed by atoms with E-state index in [0.29, 0.717) is 18.7 Å². The summed E-state index contributed by atoms with van der Waals surface area (Å²) in [6, 6.07) is 14.9. The van der Waals surface area contributed by atoms with Crippen LogP contribution in [0.3, 0.4) is 0 Å². The van der Waals surface area contributed by atoms with E-state index in [2.05, 4.69) is 28.9 Å². The summed E-state index contributed by atoms with van der Waals surface area (Å²) in [7, 11) is 0. The van der Waals surface area contributed by atoms with Crippen molar-refractivity contribution < 1.29 is 14.3 Å². The molecule has 0 aliphatic carbocycles. The molecule has 2 aromatic rings. The van der Waals surface area contributed by atoms with Gasteiger partial charge in [0.2, 0.25) is 0 Å². The van der Waals surface area contributed by atoms with Crippen LogP contribution in [0.1, 0.15) is 47.8 Å². The van der Waals surface area contributed by atoms with E-state index in [0.717, 1.165) is 37.0 Å². The first-order valence-electron chi connectivity index (χ1n) is 10.5. The number of ether oxygens (including phenoxy) is 1. The Kier molecular flexibility index (Phi) is 9.08. The summed E-state index contributed by atoms with van der Waals surface area (Å²) in [4.78, 5) is 26.3. The molecule has 0 N–H and O–H groups in total. The number of aldehydes is 1. The molecule has 5 nitrogen and oxygen atoms in total. The van der Waals surface area contributed by atoms with Crippen LogP contribution in [0, 0.1) is 24.7 Å². The monoisotopic (exact) mass is 430 g/mol. The number of carbonyl (C=O) groups is 2. The summed E-state index contributed by atoms with van der Waals surface area (Å²) in [6.45, 7) is 9.68. The largest absolute Gasteiger partial charge is 0.444 e. The van der Waals surface area contributed by atoms with Gasteiger partial charge in [0, 0.05) is 49.4 Å². The van der Waals surface area contributed by atoms with Gasteiger partial charge < -0.3 is 9.64 Å². The van der Waals surface area contributed by atoms with Crippen LogP contribution in [0.4, 0.5) is 4.79 Å². The van der Waals surface area contributed by atoms with E-state index in [-0.39, 0.29) is 6.09 Å². The van der Waals surface area contributed by atoms with Crippen LogP contribution in [0.5, 0.6) is 0 Å². The molecule has 0 spiro atoms. The van der Waals surface area contributed by atoms with Gasteiger partial charge in [-0.3, -0.25) is 9.69 Å². The summed E-state index contributed by atoms with van der Waals surface area (Å²) in [5.41, 5.74) is 3.15. The predicted molar refractivity (Wildman–Crippen MR) is 127 cm³/mol. The van der Waals surface area contributed by atoms with Crippen LogP contribution < -0.4 is 0 Å². The molecule has 1 amide bonds. The lowest BCUT2D eigenvalue weighted by Crippen LogP contribution is -2.49. The van der Waals surface area contributed by atoms with Crippen molar-refractivity contribution in [2.75, 3.05) is 26.2 Å². The second kappa shape index (κ2) is 11.7. The number of terminal acetylenes is 2. The second-order valence-corrected chi connectivity index (χ2v) is 8.47. The van der Waals surface area contributed by atoms with Gasteiger partial charge >= 0.3 is 6.09 Å². The van der Waals surface area contributed by atoms with E-state index in [9.17, 15) is 9.59 Å². The molecule has 0 radical (unpaired) electrons. The average Bonchev–Trinajstić information content (AvgIpc) is 2.79. The first-order chi connectivity index (χ1) is 15.2. The van der Waals surface area contributed by atoms with Gasteiger partial charge in [-0.1, -0.05) is 36.1 Å². The quantitative estimate of drug-likeness (QED) is 0.541. The lowest BCUT2D eigenvalue weighted by atomic mass is 10.1. The molecule has 166 valence electrons. The molecule has 2 aromatic carbocycles. The molecular weight excluding hydrogens is 400 g/mol. The number of hydrogen-bond donors (Lipinski definition) is 0. The van der Waals surface area contributed by atoms with Crippen LogP contribution in [-0.2, 0) is 11.3 Å². The van der Waals surface area contributed by atoms with Gasteiger partial charge in [0.05, 0.1) is 0 Å². The SMILES string of the molecule is C#Cc1ccc(C=O)cc1.C#Cc1ccc(CN2CCN(C(=O)OC(C)(C)C)CC2)cc1. The van der Waals surface area contributed by atoms with Gasteiger partial charge in [-0.25, -0.2) is 4.79 Å². The number of carbonyl (C=O) groups excluding carboxylic acids is 2. The summed E-state index contributed by atoms with van der Waals surface area (Å²) in [6.07, 6.45) is 11.0. The highest BCUT2D eigenvalue weighted by Crippen LogP contribution is 2.13. The summed E-state index contributed by atoms with van der Waals surface area (Å²) >= 11 is 0. The predicted octanol–water partition coefficient (Wildman–Crippen LogP) is 4.20. The third-order valence-corrected chi connectivity index (χ3v) is 4.76. The zero-order valence-electron chi connectivity index (χ0n) is 19.0. The molecule has 1 saturated heterocycles. The molecule has 5 heteroatoms. The van der Waals surface area contributed by atoms with Gasteiger partial charge in [0.1, 0.15) is 11.9 Å². The molecule has 32 heavy (non-hydrogen) atoms. The van der Waals surface area contributed by atoms with Gasteiger partial charge in [0.25, 0.3) is 0 Å². The molecule has 0 saturated carbocycles. The molecule has 0 aromatic heterocycles. The smallest absolute Gasteiger partial charge is 0.410 e. The van der Waals surface area contributed by atoms with Crippen molar-refractivity contribution in [2.24, 2.45) is 0 Å². The molecule has 0 bridgehead atoms. The standard InChI is InChI=1S/C18H24N2O2.C9H6O/c1-5-15-6-8-16(9-7-15)14-19-10-12-20(13-11-19)17(21)22-18(2,3)4;1-2-8-3-5-9(7-10)6-4-8/h1,6-9H,10-14H2,2-4H3;1,3-7H. The minimum atomic E-state index is -0.438. The van der Waals surface area contributed by atoms with Crippen molar-refractivity contribution in [3.05, 3.63) is 70.8 Å². The maximum atomic E-state index is 12.0. The number of nitrogens with zero attached hydrogens (tertiary/aromatic N) is 2. The number of rotatable bonds is 3. The average molecular weight is 431 g/mol. The minimum Gasteiger partial charge on any atom is -0.444 e. The highest BCUT2D eigenvalue weighted by molar-refractivity contribution is 5.74. The van der Waals surface area contributed by atoms with Gasteiger partial charge in [0.15, 0.2) is 0 Å². The Bertz CT molecular complexity index is 966. The van der Waals surface area contributed by atoms with Crippen molar-refractivity contribution >= 4 is 12.4 Å². The van der Waals surface area contributed by atoms with Crippen molar-refractivity contribution in [2.45, 2.75) is 32.9 Å². The fourth-order valence-corrected chi connectivity index (χ4v) is 3.04. The number of benzene rings is 2. The van der Waals surface area contributed by atoms with E-state index in [1.165, 1.54) is 5.56 Å². The third-order valence-electron chi connectivity index (χ3n) is 4.76. The Balaban J connectivity index is 0.000000303. The zero-order valence-corrected chi connectivity index (χ0v) is 19.0. The summed E-state index contributed by atoms with van der Waals surface area (Å²) < 4.78 is 5.41. The molecule has 3 rings (SSSR count). The van der Waals surface area contributed by atoms with Crippen molar-refractivity contribution in [3.63, 3.8) is 0 Å². The highest BCUT2D eigenvalue weighted by atomic mass is 16.6. The van der Waals surface area contributed by atoms with Crippen LogP contribution in [-0.4, -0.2) is 54.0 Å². The zero-order chi connectivity index (χ0) is 23.6. The van der Waals surface area contributed by atoms with Crippen LogP contribution in [0.2, 0.25) is 0 Å². The Labute approximate surface area is 191 Å². The lowest BCUT2D eigenvalue weighted by Gasteiger charge is -2.35. The molecule has 1 aliphatic rings. The molecule has 1 aliphatic heterocycles. The Morgan fingerprint density at radius 1 is 0.938 bits per heavy atom. The van der Waals surface area contributed by atoms with Gasteiger partial charge in [-0.15, -0.1) is 12.8 Å². The third kappa shape index (κ3) is 8.30.